The molecule has 0 spiro atoms. The van der Waals surface area contributed by atoms with Crippen molar-refractivity contribution in [2.75, 3.05) is 0 Å². The van der Waals surface area contributed by atoms with Crippen LogP contribution in [0.25, 0.3) is 0 Å². The number of fused-ring (bicyclic) bond motifs is 1. The first-order valence-corrected chi connectivity index (χ1v) is 6.84. The second kappa shape index (κ2) is 5.35. The Morgan fingerprint density at radius 3 is 2.33 bits per heavy atom. The van der Waals surface area contributed by atoms with Crippen molar-refractivity contribution in [1.82, 2.24) is 0 Å². The fourth-order valence-corrected chi connectivity index (χ4v) is 2.49. The molecule has 3 rings (SSSR count). The average Bonchev–Trinajstić information content (AvgIpc) is 2.47. The molecule has 0 radical (unpaired) electrons. The molecule has 0 atom stereocenters. The summed E-state index contributed by atoms with van der Waals surface area (Å²) in [7, 11) is 0. The van der Waals surface area contributed by atoms with Gasteiger partial charge in [-0.05, 0) is 18.2 Å². The van der Waals surface area contributed by atoms with Crippen molar-refractivity contribution in [1.29, 1.82) is 0 Å². The molecule has 3 nitrogen and oxygen atoms in total. The van der Waals surface area contributed by atoms with Gasteiger partial charge in [0, 0.05) is 22.2 Å². The van der Waals surface area contributed by atoms with Crippen molar-refractivity contribution in [2.24, 2.45) is 0 Å². The molecule has 104 valence electrons. The molecular weight excluding hydrogens is 311 g/mol. The number of rotatable bonds is 2. The van der Waals surface area contributed by atoms with E-state index in [1.807, 2.05) is 0 Å². The lowest BCUT2D eigenvalue weighted by atomic mass is 9.94. The third kappa shape index (κ3) is 2.58. The molecule has 0 unspecified atom stereocenters. The Kier molecular flexibility index (Phi) is 3.53. The van der Waals surface area contributed by atoms with E-state index in [2.05, 4.69) is 0 Å². The zero-order chi connectivity index (χ0) is 15.0. The molecule has 0 heterocycles. The van der Waals surface area contributed by atoms with Gasteiger partial charge in [0.05, 0.1) is 5.02 Å². The third-order valence-electron chi connectivity index (χ3n) is 3.04. The minimum atomic E-state index is -0.351. The average molecular weight is 319 g/mol. The number of hydrogen-bond acceptors (Lipinski definition) is 3. The van der Waals surface area contributed by atoms with Crippen LogP contribution in [-0.2, 0) is 0 Å². The summed E-state index contributed by atoms with van der Waals surface area (Å²) in [5, 5.41) is 0.722. The number of allylic oxidation sites excluding steroid dienone is 2. The number of ketones is 2. The molecule has 0 amide bonds. The van der Waals surface area contributed by atoms with Crippen LogP contribution in [0.15, 0.2) is 54.3 Å². The quantitative estimate of drug-likeness (QED) is 0.827. The van der Waals surface area contributed by atoms with Crippen LogP contribution >= 0.6 is 23.2 Å². The van der Waals surface area contributed by atoms with E-state index in [1.54, 1.807) is 36.4 Å². The molecule has 0 N–H and O–H groups in total. The first kappa shape index (κ1) is 13.9. The highest BCUT2D eigenvalue weighted by Gasteiger charge is 2.27. The number of carbonyl (C=O) groups excluding carboxylic acids is 2. The highest BCUT2D eigenvalue weighted by Crippen LogP contribution is 2.31. The summed E-state index contributed by atoms with van der Waals surface area (Å²) < 4.78 is 5.48. The normalized spacial score (nSPS) is 13.7. The van der Waals surface area contributed by atoms with Gasteiger partial charge < -0.3 is 4.74 Å². The highest BCUT2D eigenvalue weighted by molar-refractivity contribution is 6.35. The zero-order valence-electron chi connectivity index (χ0n) is 10.6. The number of hydrogen-bond donors (Lipinski definition) is 0. The topological polar surface area (TPSA) is 43.4 Å². The fraction of sp³-hybridized carbons (Fsp3) is 0. The van der Waals surface area contributed by atoms with Gasteiger partial charge in [-0.2, -0.15) is 0 Å². The lowest BCUT2D eigenvalue weighted by molar-refractivity contribution is 0.0947. The second-order valence-electron chi connectivity index (χ2n) is 4.42. The first-order chi connectivity index (χ1) is 10.1. The third-order valence-corrected chi connectivity index (χ3v) is 3.57. The molecule has 2 aromatic rings. The van der Waals surface area contributed by atoms with Crippen LogP contribution in [0, 0.1) is 0 Å². The van der Waals surface area contributed by atoms with Crippen molar-refractivity contribution in [3.63, 3.8) is 0 Å². The summed E-state index contributed by atoms with van der Waals surface area (Å²) in [5.41, 5.74) is 0.696. The highest BCUT2D eigenvalue weighted by atomic mass is 35.5. The molecule has 0 saturated carbocycles. The minimum absolute atomic E-state index is 0.0528. The standard InChI is InChI=1S/C16H8Cl2O3/c17-9-5-6-14(12(18)7-9)21-15-8-13(19)10-3-1-2-4-11(10)16(15)20/h1-8H. The molecule has 0 fully saturated rings. The molecule has 21 heavy (non-hydrogen) atoms. The van der Waals surface area contributed by atoms with Gasteiger partial charge in [-0.3, -0.25) is 9.59 Å². The predicted octanol–water partition coefficient (Wildman–Crippen LogP) is 4.34. The summed E-state index contributed by atoms with van der Waals surface area (Å²) >= 11 is 11.8. The number of carbonyl (C=O) groups is 2. The molecule has 0 saturated heterocycles. The van der Waals surface area contributed by atoms with E-state index < -0.39 is 0 Å². The molecule has 0 aliphatic heterocycles. The van der Waals surface area contributed by atoms with E-state index >= 15 is 0 Å². The van der Waals surface area contributed by atoms with Gasteiger partial charge in [0.15, 0.2) is 11.5 Å². The van der Waals surface area contributed by atoms with E-state index in [0.717, 1.165) is 0 Å². The lowest BCUT2D eigenvalue weighted by Gasteiger charge is -2.16. The SMILES string of the molecule is O=C1C=C(Oc2ccc(Cl)cc2Cl)C(=O)c2ccccc21. The van der Waals surface area contributed by atoms with Crippen molar-refractivity contribution >= 4 is 34.8 Å². The summed E-state index contributed by atoms with van der Waals surface area (Å²) in [6.07, 6.45) is 1.18. The molecule has 0 aromatic heterocycles. The number of ether oxygens (including phenoxy) is 1. The van der Waals surface area contributed by atoms with E-state index in [4.69, 9.17) is 27.9 Å². The Morgan fingerprint density at radius 2 is 1.62 bits per heavy atom. The van der Waals surface area contributed by atoms with Gasteiger partial charge in [0.25, 0.3) is 0 Å². The Balaban J connectivity index is 1.97. The number of benzene rings is 2. The van der Waals surface area contributed by atoms with Crippen LogP contribution in [0.2, 0.25) is 10.0 Å². The van der Waals surface area contributed by atoms with Gasteiger partial charge in [0.1, 0.15) is 5.75 Å². The molecule has 1 aliphatic rings. The maximum absolute atomic E-state index is 12.3. The molecule has 0 bridgehead atoms. The number of halogens is 2. The van der Waals surface area contributed by atoms with Crippen LogP contribution in [-0.4, -0.2) is 11.6 Å². The predicted molar refractivity (Wildman–Crippen MR) is 80.3 cm³/mol. The van der Waals surface area contributed by atoms with Crippen LogP contribution in [0.4, 0.5) is 0 Å². The van der Waals surface area contributed by atoms with Crippen LogP contribution in [0.1, 0.15) is 20.7 Å². The van der Waals surface area contributed by atoms with Crippen LogP contribution in [0.5, 0.6) is 5.75 Å². The van der Waals surface area contributed by atoms with Gasteiger partial charge in [0.2, 0.25) is 5.78 Å². The Hall–Kier alpha value is -2.10. The molecular formula is C16H8Cl2O3. The van der Waals surface area contributed by atoms with Crippen molar-refractivity contribution in [3.05, 3.63) is 75.5 Å². The van der Waals surface area contributed by atoms with Crippen molar-refractivity contribution in [2.45, 2.75) is 0 Å². The van der Waals surface area contributed by atoms with E-state index in [-0.39, 0.29) is 28.1 Å². The second-order valence-corrected chi connectivity index (χ2v) is 5.27. The Bertz CT molecular complexity index is 794. The van der Waals surface area contributed by atoms with Crippen molar-refractivity contribution in [3.8, 4) is 5.75 Å². The van der Waals surface area contributed by atoms with E-state index in [1.165, 1.54) is 12.1 Å². The lowest BCUT2D eigenvalue weighted by Crippen LogP contribution is -2.20. The van der Waals surface area contributed by atoms with E-state index in [9.17, 15) is 9.59 Å². The smallest absolute Gasteiger partial charge is 0.229 e. The fourth-order valence-electron chi connectivity index (χ4n) is 2.04. The minimum Gasteiger partial charge on any atom is -0.452 e. The maximum atomic E-state index is 12.3. The largest absolute Gasteiger partial charge is 0.452 e. The van der Waals surface area contributed by atoms with Gasteiger partial charge in [-0.25, -0.2) is 0 Å². The monoisotopic (exact) mass is 318 g/mol. The Labute approximate surface area is 130 Å². The van der Waals surface area contributed by atoms with Crippen molar-refractivity contribution < 1.29 is 14.3 Å². The maximum Gasteiger partial charge on any atom is 0.229 e. The van der Waals surface area contributed by atoms with Gasteiger partial charge in [-0.1, -0.05) is 47.5 Å². The van der Waals surface area contributed by atoms with Crippen LogP contribution < -0.4 is 4.74 Å². The Morgan fingerprint density at radius 1 is 0.905 bits per heavy atom. The van der Waals surface area contributed by atoms with E-state index in [0.29, 0.717) is 16.1 Å². The molecule has 2 aromatic carbocycles. The zero-order valence-corrected chi connectivity index (χ0v) is 12.1. The van der Waals surface area contributed by atoms with Gasteiger partial charge >= 0.3 is 0 Å². The molecule has 1 aliphatic carbocycles. The summed E-state index contributed by atoms with van der Waals surface area (Å²) in [4.78, 5) is 24.3. The summed E-state index contributed by atoms with van der Waals surface area (Å²) in [5.74, 6) is -0.405. The first-order valence-electron chi connectivity index (χ1n) is 6.09. The van der Waals surface area contributed by atoms with Crippen LogP contribution in [0.3, 0.4) is 0 Å². The van der Waals surface area contributed by atoms with Gasteiger partial charge in [-0.15, -0.1) is 0 Å². The number of Topliss-reactive ketones (excluding diaryl/α,β-unsaturated/α-hetero) is 1. The summed E-state index contributed by atoms with van der Waals surface area (Å²) in [6, 6.07) is 11.2. The summed E-state index contributed by atoms with van der Waals surface area (Å²) in [6.45, 7) is 0. The molecule has 5 heteroatoms.